The van der Waals surface area contributed by atoms with Crippen LogP contribution >= 0.6 is 27.5 Å². The van der Waals surface area contributed by atoms with Gasteiger partial charge >= 0.3 is 0 Å². The molecule has 21 heavy (non-hydrogen) atoms. The van der Waals surface area contributed by atoms with Crippen LogP contribution in [0.5, 0.6) is 0 Å². The molecule has 0 saturated carbocycles. The van der Waals surface area contributed by atoms with E-state index in [9.17, 15) is 4.79 Å². The van der Waals surface area contributed by atoms with E-state index in [4.69, 9.17) is 16.1 Å². The first-order chi connectivity index (χ1) is 10.1. The summed E-state index contributed by atoms with van der Waals surface area (Å²) in [6, 6.07) is 10.3. The predicted molar refractivity (Wildman–Crippen MR) is 82.2 cm³/mol. The maximum atomic E-state index is 11.7. The SMILES string of the molecule is O=c1ccc(Br)cn1Cc1noc(-c2cccc(Cl)c2)n1. The molecule has 0 aliphatic carbocycles. The number of rotatable bonds is 3. The third kappa shape index (κ3) is 3.22. The fourth-order valence-corrected chi connectivity index (χ4v) is 2.40. The van der Waals surface area contributed by atoms with Crippen molar-refractivity contribution in [2.24, 2.45) is 0 Å². The topological polar surface area (TPSA) is 60.9 Å². The lowest BCUT2D eigenvalue weighted by Crippen LogP contribution is -2.19. The molecule has 0 amide bonds. The number of benzene rings is 1. The zero-order valence-corrected chi connectivity index (χ0v) is 13.0. The molecular formula is C14H9BrClN3O2. The van der Waals surface area contributed by atoms with Gasteiger partial charge in [-0.2, -0.15) is 4.98 Å². The van der Waals surface area contributed by atoms with Crippen LogP contribution in [0.15, 0.2) is 56.4 Å². The van der Waals surface area contributed by atoms with Crippen molar-refractivity contribution in [3.05, 3.63) is 68.3 Å². The molecule has 0 fully saturated rings. The van der Waals surface area contributed by atoms with Gasteiger partial charge in [-0.05, 0) is 40.2 Å². The van der Waals surface area contributed by atoms with Crippen molar-refractivity contribution in [2.45, 2.75) is 6.54 Å². The van der Waals surface area contributed by atoms with E-state index in [1.165, 1.54) is 10.6 Å². The lowest BCUT2D eigenvalue weighted by Gasteiger charge is -2.01. The number of pyridine rings is 1. The number of aromatic nitrogens is 3. The van der Waals surface area contributed by atoms with E-state index < -0.39 is 0 Å². The van der Waals surface area contributed by atoms with E-state index in [0.29, 0.717) is 16.7 Å². The molecule has 0 N–H and O–H groups in total. The van der Waals surface area contributed by atoms with E-state index in [2.05, 4.69) is 26.1 Å². The Morgan fingerprint density at radius 1 is 1.29 bits per heavy atom. The van der Waals surface area contributed by atoms with Crippen LogP contribution in [-0.2, 0) is 6.54 Å². The highest BCUT2D eigenvalue weighted by atomic mass is 79.9. The van der Waals surface area contributed by atoms with Crippen LogP contribution < -0.4 is 5.56 Å². The molecule has 2 heterocycles. The quantitative estimate of drug-likeness (QED) is 0.713. The molecule has 0 atom stereocenters. The monoisotopic (exact) mass is 365 g/mol. The number of halogens is 2. The highest BCUT2D eigenvalue weighted by molar-refractivity contribution is 9.10. The van der Waals surface area contributed by atoms with Crippen LogP contribution in [0.25, 0.3) is 11.5 Å². The van der Waals surface area contributed by atoms with Crippen LogP contribution in [0.1, 0.15) is 5.82 Å². The maximum absolute atomic E-state index is 11.7. The molecule has 0 radical (unpaired) electrons. The Balaban J connectivity index is 1.89. The van der Waals surface area contributed by atoms with Gasteiger partial charge in [-0.1, -0.05) is 22.8 Å². The molecule has 0 unspecified atom stereocenters. The Hall–Kier alpha value is -1.92. The molecule has 0 aliphatic rings. The van der Waals surface area contributed by atoms with Gasteiger partial charge in [0.1, 0.15) is 0 Å². The molecule has 0 bridgehead atoms. The maximum Gasteiger partial charge on any atom is 0.258 e. The fourth-order valence-electron chi connectivity index (χ4n) is 1.84. The van der Waals surface area contributed by atoms with Crippen molar-refractivity contribution in [1.82, 2.24) is 14.7 Å². The summed E-state index contributed by atoms with van der Waals surface area (Å²) in [5.74, 6) is 0.792. The molecule has 3 rings (SSSR count). The third-order valence-electron chi connectivity index (χ3n) is 2.80. The zero-order chi connectivity index (χ0) is 14.8. The summed E-state index contributed by atoms with van der Waals surface area (Å²) in [6.45, 7) is 0.238. The van der Waals surface area contributed by atoms with Gasteiger partial charge in [0.25, 0.3) is 11.4 Å². The average Bonchev–Trinajstić information content (AvgIpc) is 2.91. The summed E-state index contributed by atoms with van der Waals surface area (Å²) in [5.41, 5.74) is 0.607. The lowest BCUT2D eigenvalue weighted by atomic mass is 10.2. The Morgan fingerprint density at radius 2 is 2.14 bits per heavy atom. The minimum absolute atomic E-state index is 0.132. The van der Waals surface area contributed by atoms with Crippen molar-refractivity contribution in [3.8, 4) is 11.5 Å². The number of nitrogens with zero attached hydrogens (tertiary/aromatic N) is 3. The van der Waals surface area contributed by atoms with Gasteiger partial charge in [-0.3, -0.25) is 4.79 Å². The summed E-state index contributed by atoms with van der Waals surface area (Å²) in [6.07, 6.45) is 1.68. The Kier molecular flexibility index (Phi) is 3.90. The standard InChI is InChI=1S/C14H9BrClN3O2/c15-10-4-5-13(20)19(7-10)8-12-17-14(21-18-12)9-2-1-3-11(16)6-9/h1-7H,8H2. The van der Waals surface area contributed by atoms with Gasteiger partial charge < -0.3 is 9.09 Å². The van der Waals surface area contributed by atoms with Gasteiger partial charge in [0.05, 0.1) is 6.54 Å². The average molecular weight is 367 g/mol. The summed E-state index contributed by atoms with van der Waals surface area (Å²) in [5, 5.41) is 4.48. The molecule has 3 aromatic rings. The normalized spacial score (nSPS) is 10.8. The second-order valence-corrected chi connectivity index (χ2v) is 5.69. The Labute approximate surface area is 133 Å². The third-order valence-corrected chi connectivity index (χ3v) is 3.50. The van der Waals surface area contributed by atoms with Gasteiger partial charge in [0, 0.05) is 27.3 Å². The van der Waals surface area contributed by atoms with Crippen molar-refractivity contribution >= 4 is 27.5 Å². The first-order valence-corrected chi connectivity index (χ1v) is 7.23. The van der Waals surface area contributed by atoms with Crippen LogP contribution in [0.2, 0.25) is 5.02 Å². The molecule has 0 spiro atoms. The van der Waals surface area contributed by atoms with E-state index in [1.807, 2.05) is 6.07 Å². The molecule has 106 valence electrons. The minimum Gasteiger partial charge on any atom is -0.334 e. The molecular weight excluding hydrogens is 358 g/mol. The Morgan fingerprint density at radius 3 is 2.95 bits per heavy atom. The van der Waals surface area contributed by atoms with Crippen LogP contribution in [0.3, 0.4) is 0 Å². The number of hydrogen-bond acceptors (Lipinski definition) is 4. The largest absolute Gasteiger partial charge is 0.334 e. The smallest absolute Gasteiger partial charge is 0.258 e. The molecule has 0 saturated heterocycles. The second-order valence-electron chi connectivity index (χ2n) is 4.34. The first kappa shape index (κ1) is 14.0. The lowest BCUT2D eigenvalue weighted by molar-refractivity contribution is 0.420. The summed E-state index contributed by atoms with van der Waals surface area (Å²) in [4.78, 5) is 16.0. The second kappa shape index (κ2) is 5.83. The molecule has 7 heteroatoms. The summed E-state index contributed by atoms with van der Waals surface area (Å²) < 4.78 is 7.50. The van der Waals surface area contributed by atoms with E-state index >= 15 is 0 Å². The van der Waals surface area contributed by atoms with Crippen molar-refractivity contribution in [3.63, 3.8) is 0 Å². The first-order valence-electron chi connectivity index (χ1n) is 6.06. The summed E-state index contributed by atoms with van der Waals surface area (Å²) in [7, 11) is 0. The van der Waals surface area contributed by atoms with E-state index in [-0.39, 0.29) is 12.1 Å². The van der Waals surface area contributed by atoms with Gasteiger partial charge in [0.15, 0.2) is 5.82 Å². The number of hydrogen-bond donors (Lipinski definition) is 0. The van der Waals surface area contributed by atoms with Gasteiger partial charge in [-0.25, -0.2) is 0 Å². The van der Waals surface area contributed by atoms with Crippen LogP contribution in [0, 0.1) is 0 Å². The van der Waals surface area contributed by atoms with Crippen LogP contribution in [-0.4, -0.2) is 14.7 Å². The summed E-state index contributed by atoms with van der Waals surface area (Å²) >= 11 is 9.25. The highest BCUT2D eigenvalue weighted by Gasteiger charge is 2.10. The Bertz CT molecular complexity index is 844. The molecule has 2 aromatic heterocycles. The van der Waals surface area contributed by atoms with Crippen molar-refractivity contribution in [2.75, 3.05) is 0 Å². The van der Waals surface area contributed by atoms with Crippen LogP contribution in [0.4, 0.5) is 0 Å². The molecule has 0 aliphatic heterocycles. The fraction of sp³-hybridized carbons (Fsp3) is 0.0714. The van der Waals surface area contributed by atoms with E-state index in [0.717, 1.165) is 10.0 Å². The van der Waals surface area contributed by atoms with Crippen molar-refractivity contribution < 1.29 is 4.52 Å². The van der Waals surface area contributed by atoms with Gasteiger partial charge in [-0.15, -0.1) is 0 Å². The minimum atomic E-state index is -0.132. The molecule has 5 nitrogen and oxygen atoms in total. The van der Waals surface area contributed by atoms with Crippen molar-refractivity contribution in [1.29, 1.82) is 0 Å². The predicted octanol–water partition coefficient (Wildman–Crippen LogP) is 3.36. The van der Waals surface area contributed by atoms with Gasteiger partial charge in [0.2, 0.25) is 0 Å². The molecule has 1 aromatic carbocycles. The van der Waals surface area contributed by atoms with E-state index in [1.54, 1.807) is 30.5 Å². The highest BCUT2D eigenvalue weighted by Crippen LogP contribution is 2.21. The zero-order valence-electron chi connectivity index (χ0n) is 10.7.